The highest BCUT2D eigenvalue weighted by Crippen LogP contribution is 2.45. The molecular weight excluding hydrogens is 334 g/mol. The van der Waals surface area contributed by atoms with Gasteiger partial charge in [-0.2, -0.15) is 0 Å². The first-order valence-electron chi connectivity index (χ1n) is 8.22. The summed E-state index contributed by atoms with van der Waals surface area (Å²) >= 11 is 0. The number of aromatic nitrogens is 1. The van der Waals surface area contributed by atoms with Crippen LogP contribution in [0.5, 0.6) is 0 Å². The Morgan fingerprint density at radius 3 is 2.80 bits per heavy atom. The van der Waals surface area contributed by atoms with Gasteiger partial charge in [0, 0.05) is 32.6 Å². The molecule has 0 aliphatic carbocycles. The lowest BCUT2D eigenvalue weighted by atomic mass is 9.77. The van der Waals surface area contributed by atoms with Crippen LogP contribution in [0.2, 0.25) is 0 Å². The quantitative estimate of drug-likeness (QED) is 0.803. The second kappa shape index (κ2) is 6.36. The van der Waals surface area contributed by atoms with E-state index in [0.29, 0.717) is 26.1 Å². The van der Waals surface area contributed by atoms with Crippen molar-refractivity contribution in [3.05, 3.63) is 18.4 Å². The molecular formula is C16H22F2N4O3. The van der Waals surface area contributed by atoms with Crippen LogP contribution in [0, 0.1) is 5.41 Å². The maximum absolute atomic E-state index is 14.4. The van der Waals surface area contributed by atoms with Crippen molar-refractivity contribution in [3.8, 4) is 0 Å². The Morgan fingerprint density at radius 2 is 2.16 bits per heavy atom. The number of amides is 2. The molecule has 0 unspecified atom stereocenters. The van der Waals surface area contributed by atoms with Crippen molar-refractivity contribution in [2.24, 2.45) is 5.41 Å². The fraction of sp³-hybridized carbons (Fsp3) is 0.688. The topological polar surface area (TPSA) is 69.9 Å². The Balaban J connectivity index is 1.79. The van der Waals surface area contributed by atoms with Crippen molar-refractivity contribution >= 4 is 11.8 Å². The highest BCUT2D eigenvalue weighted by Gasteiger charge is 2.57. The van der Waals surface area contributed by atoms with Crippen LogP contribution >= 0.6 is 0 Å². The number of oxazole rings is 1. The Kier molecular flexibility index (Phi) is 4.52. The lowest BCUT2D eigenvalue weighted by Crippen LogP contribution is -2.57. The number of halogens is 2. The van der Waals surface area contributed by atoms with Gasteiger partial charge in [0.15, 0.2) is 12.1 Å². The minimum absolute atomic E-state index is 0.00835. The van der Waals surface area contributed by atoms with Crippen LogP contribution < -0.4 is 0 Å². The summed E-state index contributed by atoms with van der Waals surface area (Å²) in [6.07, 6.45) is 2.02. The molecule has 138 valence electrons. The summed E-state index contributed by atoms with van der Waals surface area (Å²) in [4.78, 5) is 33.6. The average Bonchev–Trinajstić information content (AvgIpc) is 3.14. The van der Waals surface area contributed by atoms with Gasteiger partial charge >= 0.3 is 0 Å². The molecule has 1 aromatic rings. The molecule has 2 amide bonds. The van der Waals surface area contributed by atoms with E-state index in [1.165, 1.54) is 0 Å². The van der Waals surface area contributed by atoms with Gasteiger partial charge in [-0.05, 0) is 20.5 Å². The van der Waals surface area contributed by atoms with E-state index >= 15 is 0 Å². The Bertz CT molecular complexity index is 650. The minimum atomic E-state index is -3.11. The number of hydrogen-bond donors (Lipinski definition) is 0. The van der Waals surface area contributed by atoms with Crippen molar-refractivity contribution in [2.75, 3.05) is 46.8 Å². The molecule has 0 saturated carbocycles. The number of carbonyl (C=O) groups is 2. The largest absolute Gasteiger partial charge is 0.451 e. The van der Waals surface area contributed by atoms with E-state index in [4.69, 9.17) is 4.42 Å². The van der Waals surface area contributed by atoms with Crippen molar-refractivity contribution in [1.82, 2.24) is 19.7 Å². The number of nitrogens with zero attached hydrogens (tertiary/aromatic N) is 4. The second-order valence-corrected chi connectivity index (χ2v) is 7.19. The maximum atomic E-state index is 14.4. The van der Waals surface area contributed by atoms with Gasteiger partial charge in [0.05, 0.1) is 12.0 Å². The van der Waals surface area contributed by atoms with Crippen molar-refractivity contribution in [2.45, 2.75) is 18.8 Å². The molecule has 0 bridgehead atoms. The molecule has 2 fully saturated rings. The number of likely N-dealkylation sites (tertiary alicyclic amines) is 2. The van der Waals surface area contributed by atoms with Crippen molar-refractivity contribution in [1.29, 1.82) is 0 Å². The summed E-state index contributed by atoms with van der Waals surface area (Å²) in [6, 6.07) is 0. The van der Waals surface area contributed by atoms with Gasteiger partial charge in [0.1, 0.15) is 6.26 Å². The number of hydrogen-bond acceptors (Lipinski definition) is 5. The first-order chi connectivity index (χ1) is 11.7. The zero-order valence-electron chi connectivity index (χ0n) is 14.4. The predicted molar refractivity (Wildman–Crippen MR) is 84.2 cm³/mol. The highest BCUT2D eigenvalue weighted by molar-refractivity contribution is 5.93. The summed E-state index contributed by atoms with van der Waals surface area (Å²) in [6.45, 7) is 0.891. The van der Waals surface area contributed by atoms with Gasteiger partial charge in [-0.15, -0.1) is 0 Å². The van der Waals surface area contributed by atoms with Crippen molar-refractivity contribution < 1.29 is 22.8 Å². The summed E-state index contributed by atoms with van der Waals surface area (Å²) in [5.74, 6) is -4.02. The molecule has 2 aliphatic rings. The molecule has 1 aromatic heterocycles. The van der Waals surface area contributed by atoms with E-state index < -0.39 is 30.2 Å². The minimum Gasteiger partial charge on any atom is -0.451 e. The number of carbonyl (C=O) groups excluding carboxylic acids is 2. The van der Waals surface area contributed by atoms with Gasteiger partial charge in [-0.3, -0.25) is 9.59 Å². The van der Waals surface area contributed by atoms with Gasteiger partial charge in [-0.25, -0.2) is 13.8 Å². The first-order valence-corrected chi connectivity index (χ1v) is 8.22. The van der Waals surface area contributed by atoms with Crippen molar-refractivity contribution in [3.63, 3.8) is 0 Å². The molecule has 0 radical (unpaired) electrons. The zero-order valence-corrected chi connectivity index (χ0v) is 14.4. The third-order valence-corrected chi connectivity index (χ3v) is 4.87. The fourth-order valence-corrected chi connectivity index (χ4v) is 3.67. The van der Waals surface area contributed by atoms with Crippen LogP contribution in [0.25, 0.3) is 0 Å². The fourth-order valence-electron chi connectivity index (χ4n) is 3.67. The van der Waals surface area contributed by atoms with E-state index in [1.807, 2.05) is 19.0 Å². The third-order valence-electron chi connectivity index (χ3n) is 4.87. The molecule has 2 saturated heterocycles. The molecule has 3 rings (SSSR count). The van der Waals surface area contributed by atoms with E-state index in [-0.39, 0.29) is 18.1 Å². The molecule has 7 nitrogen and oxygen atoms in total. The first kappa shape index (κ1) is 17.8. The molecule has 1 spiro atoms. The zero-order chi connectivity index (χ0) is 18.2. The van der Waals surface area contributed by atoms with Gasteiger partial charge in [-0.1, -0.05) is 0 Å². The number of piperidine rings is 1. The maximum Gasteiger partial charge on any atom is 0.276 e. The molecule has 1 atom stereocenters. The van der Waals surface area contributed by atoms with E-state index in [2.05, 4.69) is 4.98 Å². The van der Waals surface area contributed by atoms with Crippen LogP contribution in [0.4, 0.5) is 8.78 Å². The Hall–Kier alpha value is -2.03. The molecule has 25 heavy (non-hydrogen) atoms. The Morgan fingerprint density at radius 1 is 1.40 bits per heavy atom. The normalized spacial score (nSPS) is 26.0. The summed E-state index contributed by atoms with van der Waals surface area (Å²) in [5.41, 5.74) is -1.24. The standard InChI is InChI=1S/C16H22F2N4O3/c1-20(2)5-6-21-4-3-15(14(21)24)8-16(17,18)10-22(9-15)13(23)12-7-25-11-19-12/h7,11H,3-6,8-10H2,1-2H3/t15-/m0/s1. The highest BCUT2D eigenvalue weighted by atomic mass is 19.3. The van der Waals surface area contributed by atoms with Crippen LogP contribution in [-0.2, 0) is 4.79 Å². The molecule has 0 aromatic carbocycles. The van der Waals surface area contributed by atoms with Crippen LogP contribution in [0.3, 0.4) is 0 Å². The molecule has 0 N–H and O–H groups in total. The van der Waals surface area contributed by atoms with Gasteiger partial charge < -0.3 is 19.1 Å². The molecule has 2 aliphatic heterocycles. The van der Waals surface area contributed by atoms with E-state index in [0.717, 1.165) is 17.6 Å². The van der Waals surface area contributed by atoms with Crippen LogP contribution in [0.1, 0.15) is 23.3 Å². The SMILES string of the molecule is CN(C)CCN1CC[C@]2(CN(C(=O)c3cocn3)CC(F)(F)C2)C1=O. The Labute approximate surface area is 144 Å². The van der Waals surface area contributed by atoms with Crippen LogP contribution in [-0.4, -0.2) is 84.2 Å². The molecule has 3 heterocycles. The third kappa shape index (κ3) is 3.51. The van der Waals surface area contributed by atoms with Gasteiger partial charge in [0.2, 0.25) is 5.91 Å². The smallest absolute Gasteiger partial charge is 0.276 e. The predicted octanol–water partition coefficient (Wildman–Crippen LogP) is 0.936. The number of rotatable bonds is 4. The van der Waals surface area contributed by atoms with Crippen LogP contribution in [0.15, 0.2) is 17.1 Å². The summed E-state index contributed by atoms with van der Waals surface area (Å²) < 4.78 is 33.5. The van der Waals surface area contributed by atoms with E-state index in [1.54, 1.807) is 4.90 Å². The number of alkyl halides is 2. The van der Waals surface area contributed by atoms with Gasteiger partial charge in [0.25, 0.3) is 11.8 Å². The average molecular weight is 356 g/mol. The lowest BCUT2D eigenvalue weighted by Gasteiger charge is -2.42. The second-order valence-electron chi connectivity index (χ2n) is 7.19. The lowest BCUT2D eigenvalue weighted by molar-refractivity contribution is -0.151. The summed E-state index contributed by atoms with van der Waals surface area (Å²) in [7, 11) is 3.78. The van der Waals surface area contributed by atoms with E-state index in [9.17, 15) is 18.4 Å². The monoisotopic (exact) mass is 356 g/mol. The molecule has 9 heteroatoms. The number of likely N-dealkylation sites (N-methyl/N-ethyl adjacent to an activating group) is 1. The summed E-state index contributed by atoms with van der Waals surface area (Å²) in [5, 5.41) is 0.